The van der Waals surface area contributed by atoms with E-state index in [4.69, 9.17) is 9.47 Å². The van der Waals surface area contributed by atoms with E-state index in [1.165, 1.54) is 5.56 Å². The lowest BCUT2D eigenvalue weighted by Crippen LogP contribution is -2.49. The zero-order valence-corrected chi connectivity index (χ0v) is 15.5. The van der Waals surface area contributed by atoms with Crippen molar-refractivity contribution >= 4 is 0 Å². The van der Waals surface area contributed by atoms with Crippen LogP contribution >= 0.6 is 0 Å². The Balaban J connectivity index is 1.58. The highest BCUT2D eigenvalue weighted by Gasteiger charge is 2.49. The molecule has 26 heavy (non-hydrogen) atoms. The van der Waals surface area contributed by atoms with Gasteiger partial charge in [0, 0.05) is 30.3 Å². The summed E-state index contributed by atoms with van der Waals surface area (Å²) < 4.78 is 10.9. The Morgan fingerprint density at radius 1 is 1.00 bits per heavy atom. The molecule has 4 rings (SSSR count). The molecule has 2 fully saturated rings. The first kappa shape index (κ1) is 17.4. The number of benzene rings is 2. The van der Waals surface area contributed by atoms with E-state index >= 15 is 0 Å². The van der Waals surface area contributed by atoms with Crippen molar-refractivity contribution in [2.45, 2.75) is 49.9 Å². The molecule has 2 aromatic rings. The van der Waals surface area contributed by atoms with Gasteiger partial charge < -0.3 is 14.6 Å². The van der Waals surface area contributed by atoms with E-state index in [-0.39, 0.29) is 0 Å². The highest BCUT2D eigenvalue weighted by molar-refractivity contribution is 5.44. The van der Waals surface area contributed by atoms with Crippen molar-refractivity contribution in [3.05, 3.63) is 59.7 Å². The van der Waals surface area contributed by atoms with E-state index in [0.29, 0.717) is 17.8 Å². The number of nitrogens with zero attached hydrogens (tertiary/aromatic N) is 1. The second kappa shape index (κ2) is 6.93. The van der Waals surface area contributed by atoms with Gasteiger partial charge in [-0.05, 0) is 43.4 Å². The second-order valence-corrected chi connectivity index (χ2v) is 7.55. The first-order chi connectivity index (χ1) is 12.6. The molecule has 2 atom stereocenters. The molecule has 4 heteroatoms. The monoisotopic (exact) mass is 353 g/mol. The van der Waals surface area contributed by atoms with Crippen LogP contribution in [0.1, 0.15) is 36.8 Å². The molecule has 0 aliphatic carbocycles. The fourth-order valence-corrected chi connectivity index (χ4v) is 4.77. The quantitative estimate of drug-likeness (QED) is 0.890. The largest absolute Gasteiger partial charge is 0.497 e. The van der Waals surface area contributed by atoms with Gasteiger partial charge in [-0.15, -0.1) is 0 Å². The molecule has 2 aliphatic rings. The minimum absolute atomic E-state index is 0.408. The smallest absolute Gasteiger partial charge is 0.128 e. The van der Waals surface area contributed by atoms with Crippen LogP contribution < -0.4 is 9.47 Å². The van der Waals surface area contributed by atoms with E-state index < -0.39 is 5.60 Å². The SMILES string of the molecule is COc1ccc(C2(O)CC3CCC(C2)N3Cc2ccccc2)c(OC)c1. The molecular weight excluding hydrogens is 326 g/mol. The molecule has 2 heterocycles. The summed E-state index contributed by atoms with van der Waals surface area (Å²) >= 11 is 0. The zero-order chi connectivity index (χ0) is 18.1. The highest BCUT2D eigenvalue weighted by Crippen LogP contribution is 2.48. The van der Waals surface area contributed by atoms with Gasteiger partial charge in [-0.3, -0.25) is 4.90 Å². The molecule has 0 radical (unpaired) electrons. The summed E-state index contributed by atoms with van der Waals surface area (Å²) in [6, 6.07) is 17.2. The standard InChI is InChI=1S/C22H27NO3/c1-25-19-10-11-20(21(12-19)26-2)22(24)13-17-8-9-18(14-22)23(17)15-16-6-4-3-5-7-16/h3-7,10-12,17-18,24H,8-9,13-15H2,1-2H3. The van der Waals surface area contributed by atoms with Crippen molar-refractivity contribution in [2.24, 2.45) is 0 Å². The third kappa shape index (κ3) is 3.08. The van der Waals surface area contributed by atoms with Crippen molar-refractivity contribution in [3.63, 3.8) is 0 Å². The van der Waals surface area contributed by atoms with Crippen LogP contribution in [0.15, 0.2) is 48.5 Å². The van der Waals surface area contributed by atoms with Gasteiger partial charge in [-0.1, -0.05) is 30.3 Å². The summed E-state index contributed by atoms with van der Waals surface area (Å²) in [5.74, 6) is 1.46. The number of methoxy groups -OCH3 is 2. The summed E-state index contributed by atoms with van der Waals surface area (Å²) in [6.07, 6.45) is 3.80. The Morgan fingerprint density at radius 2 is 1.69 bits per heavy atom. The van der Waals surface area contributed by atoms with Crippen molar-refractivity contribution in [2.75, 3.05) is 14.2 Å². The summed E-state index contributed by atoms with van der Waals surface area (Å²) in [5, 5.41) is 11.5. The van der Waals surface area contributed by atoms with E-state index in [1.807, 2.05) is 18.2 Å². The molecule has 2 bridgehead atoms. The fraction of sp³-hybridized carbons (Fsp3) is 0.455. The van der Waals surface area contributed by atoms with Crippen LogP contribution in [-0.4, -0.2) is 36.3 Å². The Hall–Kier alpha value is -2.04. The molecule has 0 amide bonds. The number of aliphatic hydroxyl groups is 1. The molecule has 2 aliphatic heterocycles. The van der Waals surface area contributed by atoms with Crippen LogP contribution in [0.2, 0.25) is 0 Å². The van der Waals surface area contributed by atoms with Crippen LogP contribution in [0, 0.1) is 0 Å². The zero-order valence-electron chi connectivity index (χ0n) is 15.5. The van der Waals surface area contributed by atoms with E-state index in [9.17, 15) is 5.11 Å². The van der Waals surface area contributed by atoms with Crippen LogP contribution in [0.25, 0.3) is 0 Å². The Kier molecular flexibility index (Phi) is 4.63. The summed E-state index contributed by atoms with van der Waals surface area (Å²) in [6.45, 7) is 0.964. The van der Waals surface area contributed by atoms with Crippen LogP contribution in [0.3, 0.4) is 0 Å². The molecule has 2 saturated heterocycles. The van der Waals surface area contributed by atoms with Crippen LogP contribution in [-0.2, 0) is 12.1 Å². The van der Waals surface area contributed by atoms with Crippen LogP contribution in [0.5, 0.6) is 11.5 Å². The minimum atomic E-state index is -0.837. The molecule has 0 spiro atoms. The lowest BCUT2D eigenvalue weighted by Gasteiger charge is -2.44. The molecule has 1 N–H and O–H groups in total. The Bertz CT molecular complexity index is 747. The minimum Gasteiger partial charge on any atom is -0.497 e. The second-order valence-electron chi connectivity index (χ2n) is 7.55. The lowest BCUT2D eigenvalue weighted by molar-refractivity contribution is -0.0606. The average Bonchev–Trinajstić information content (AvgIpc) is 2.92. The van der Waals surface area contributed by atoms with Gasteiger partial charge >= 0.3 is 0 Å². The predicted octanol–water partition coefficient (Wildman–Crippen LogP) is 3.72. The molecule has 2 unspecified atom stereocenters. The molecular formula is C22H27NO3. The van der Waals surface area contributed by atoms with E-state index in [1.54, 1.807) is 14.2 Å². The summed E-state index contributed by atoms with van der Waals surface area (Å²) in [4.78, 5) is 2.58. The number of rotatable bonds is 5. The van der Waals surface area contributed by atoms with Gasteiger partial charge in [0.05, 0.1) is 19.8 Å². The van der Waals surface area contributed by atoms with Gasteiger partial charge in [-0.2, -0.15) is 0 Å². The number of hydrogen-bond donors (Lipinski definition) is 1. The summed E-state index contributed by atoms with van der Waals surface area (Å²) in [5.41, 5.74) is 1.39. The Morgan fingerprint density at radius 3 is 2.31 bits per heavy atom. The first-order valence-corrected chi connectivity index (χ1v) is 9.37. The van der Waals surface area contributed by atoms with Gasteiger partial charge in [-0.25, -0.2) is 0 Å². The lowest BCUT2D eigenvalue weighted by atomic mass is 9.80. The summed E-state index contributed by atoms with van der Waals surface area (Å²) in [7, 11) is 3.30. The third-order valence-electron chi connectivity index (χ3n) is 6.04. The normalized spacial score (nSPS) is 28.1. The van der Waals surface area contributed by atoms with E-state index in [0.717, 1.165) is 43.5 Å². The van der Waals surface area contributed by atoms with Gasteiger partial charge in [0.2, 0.25) is 0 Å². The third-order valence-corrected chi connectivity index (χ3v) is 6.04. The number of piperidine rings is 1. The maximum Gasteiger partial charge on any atom is 0.128 e. The Labute approximate surface area is 155 Å². The van der Waals surface area contributed by atoms with Gasteiger partial charge in [0.15, 0.2) is 0 Å². The molecule has 0 saturated carbocycles. The van der Waals surface area contributed by atoms with Crippen LogP contribution in [0.4, 0.5) is 0 Å². The molecule has 4 nitrogen and oxygen atoms in total. The van der Waals surface area contributed by atoms with Crippen molar-refractivity contribution in [3.8, 4) is 11.5 Å². The molecule has 0 aromatic heterocycles. The maximum atomic E-state index is 11.5. The van der Waals surface area contributed by atoms with Crippen molar-refractivity contribution in [1.29, 1.82) is 0 Å². The van der Waals surface area contributed by atoms with Crippen molar-refractivity contribution in [1.82, 2.24) is 4.90 Å². The maximum absolute atomic E-state index is 11.5. The number of fused-ring (bicyclic) bond motifs is 2. The van der Waals surface area contributed by atoms with E-state index in [2.05, 4.69) is 35.2 Å². The highest BCUT2D eigenvalue weighted by atomic mass is 16.5. The predicted molar refractivity (Wildman–Crippen MR) is 101 cm³/mol. The van der Waals surface area contributed by atoms with Gasteiger partial charge in [0.25, 0.3) is 0 Å². The average molecular weight is 353 g/mol. The van der Waals surface area contributed by atoms with Crippen molar-refractivity contribution < 1.29 is 14.6 Å². The number of ether oxygens (including phenoxy) is 2. The topological polar surface area (TPSA) is 41.9 Å². The molecule has 138 valence electrons. The number of hydrogen-bond acceptors (Lipinski definition) is 4. The first-order valence-electron chi connectivity index (χ1n) is 9.37. The van der Waals surface area contributed by atoms with Gasteiger partial charge in [0.1, 0.15) is 11.5 Å². The fourth-order valence-electron chi connectivity index (χ4n) is 4.77. The molecule has 2 aromatic carbocycles.